The van der Waals surface area contributed by atoms with E-state index in [2.05, 4.69) is 15.1 Å². The minimum absolute atomic E-state index is 0.0623. The van der Waals surface area contributed by atoms with Crippen LogP contribution in [0.2, 0.25) is 0 Å². The van der Waals surface area contributed by atoms with E-state index >= 15 is 0 Å². The maximum Gasteiger partial charge on any atom is 0.227 e. The molecule has 1 aliphatic heterocycles. The predicted molar refractivity (Wildman–Crippen MR) is 99.5 cm³/mol. The van der Waals surface area contributed by atoms with Gasteiger partial charge in [0, 0.05) is 31.6 Å². The van der Waals surface area contributed by atoms with Crippen molar-refractivity contribution in [3.8, 4) is 11.5 Å². The zero-order valence-electron chi connectivity index (χ0n) is 15.4. The van der Waals surface area contributed by atoms with Gasteiger partial charge >= 0.3 is 0 Å². The van der Waals surface area contributed by atoms with Crippen molar-refractivity contribution in [2.75, 3.05) is 18.1 Å². The van der Waals surface area contributed by atoms with Crippen molar-refractivity contribution >= 4 is 15.7 Å². The van der Waals surface area contributed by atoms with E-state index in [0.717, 1.165) is 12.8 Å². The van der Waals surface area contributed by atoms with E-state index in [4.69, 9.17) is 4.52 Å². The van der Waals surface area contributed by atoms with Gasteiger partial charge in [-0.25, -0.2) is 8.42 Å². The molecule has 0 bridgehead atoms. The molecular formula is C18H24N4O4S. The number of hydrogen-bond acceptors (Lipinski definition) is 7. The summed E-state index contributed by atoms with van der Waals surface area (Å²) >= 11 is 0. The Hall–Kier alpha value is -2.29. The van der Waals surface area contributed by atoms with Gasteiger partial charge in [-0.2, -0.15) is 4.98 Å². The molecule has 0 spiro atoms. The Labute approximate surface area is 158 Å². The third kappa shape index (κ3) is 5.12. The number of aromatic nitrogens is 3. The fraction of sp³-hybridized carbons (Fsp3) is 0.556. The average molecular weight is 392 g/mol. The van der Waals surface area contributed by atoms with Crippen molar-refractivity contribution in [3.63, 3.8) is 0 Å². The fourth-order valence-electron chi connectivity index (χ4n) is 3.17. The number of amides is 1. The Morgan fingerprint density at radius 1 is 1.37 bits per heavy atom. The van der Waals surface area contributed by atoms with Crippen LogP contribution in [-0.2, 0) is 21.1 Å². The first-order chi connectivity index (χ1) is 13.0. The Morgan fingerprint density at radius 3 is 2.89 bits per heavy atom. The lowest BCUT2D eigenvalue weighted by atomic mass is 10.1. The van der Waals surface area contributed by atoms with Gasteiger partial charge in [-0.1, -0.05) is 24.6 Å². The normalized spacial score (nSPS) is 18.5. The number of unbranched alkanes of at least 4 members (excludes halogenated alkanes) is 1. The molecule has 0 aliphatic carbocycles. The molecule has 1 amide bonds. The SMILES string of the molecule is CCCCN(C(=O)CCc1nc(-c2ccccn2)no1)C1CCS(=O)(=O)C1. The van der Waals surface area contributed by atoms with Crippen LogP contribution in [0.15, 0.2) is 28.9 Å². The lowest BCUT2D eigenvalue weighted by Crippen LogP contribution is -2.41. The maximum atomic E-state index is 12.7. The van der Waals surface area contributed by atoms with Gasteiger partial charge in [0.15, 0.2) is 9.84 Å². The maximum absolute atomic E-state index is 12.7. The van der Waals surface area contributed by atoms with Crippen molar-refractivity contribution < 1.29 is 17.7 Å². The average Bonchev–Trinajstić information content (AvgIpc) is 3.27. The quantitative estimate of drug-likeness (QED) is 0.675. The van der Waals surface area contributed by atoms with Gasteiger partial charge < -0.3 is 9.42 Å². The number of sulfone groups is 1. The molecular weight excluding hydrogens is 368 g/mol. The molecule has 1 unspecified atom stereocenters. The van der Waals surface area contributed by atoms with Crippen LogP contribution in [0.3, 0.4) is 0 Å². The van der Waals surface area contributed by atoms with E-state index in [0.29, 0.717) is 36.8 Å². The number of aryl methyl sites for hydroxylation is 1. The highest BCUT2D eigenvalue weighted by Gasteiger charge is 2.34. The molecule has 3 heterocycles. The summed E-state index contributed by atoms with van der Waals surface area (Å²) in [4.78, 5) is 22.9. The summed E-state index contributed by atoms with van der Waals surface area (Å²) < 4.78 is 28.8. The molecule has 8 nitrogen and oxygen atoms in total. The van der Waals surface area contributed by atoms with Gasteiger partial charge in [-0.05, 0) is 25.0 Å². The number of hydrogen-bond donors (Lipinski definition) is 0. The summed E-state index contributed by atoms with van der Waals surface area (Å²) in [6, 6.07) is 5.20. The van der Waals surface area contributed by atoms with Crippen molar-refractivity contribution in [3.05, 3.63) is 30.3 Å². The van der Waals surface area contributed by atoms with E-state index in [1.54, 1.807) is 23.2 Å². The topological polar surface area (TPSA) is 106 Å². The summed E-state index contributed by atoms with van der Waals surface area (Å²) in [5.41, 5.74) is 0.611. The number of pyridine rings is 1. The third-order valence-electron chi connectivity index (χ3n) is 4.64. The number of carbonyl (C=O) groups excluding carboxylic acids is 1. The summed E-state index contributed by atoms with van der Waals surface area (Å²) in [6.07, 6.45) is 4.50. The van der Waals surface area contributed by atoms with Gasteiger partial charge in [0.2, 0.25) is 17.6 Å². The molecule has 0 N–H and O–H groups in total. The van der Waals surface area contributed by atoms with Gasteiger partial charge in [-0.15, -0.1) is 0 Å². The minimum atomic E-state index is -3.04. The molecule has 0 radical (unpaired) electrons. The lowest BCUT2D eigenvalue weighted by molar-refractivity contribution is -0.133. The summed E-state index contributed by atoms with van der Waals surface area (Å²) in [5, 5.41) is 3.90. The van der Waals surface area contributed by atoms with Crippen LogP contribution in [0, 0.1) is 0 Å². The Bertz CT molecular complexity index is 866. The highest BCUT2D eigenvalue weighted by atomic mass is 32.2. The second-order valence-electron chi connectivity index (χ2n) is 6.72. The molecule has 2 aromatic rings. The monoisotopic (exact) mass is 392 g/mol. The molecule has 0 saturated carbocycles. The number of rotatable bonds is 8. The zero-order valence-corrected chi connectivity index (χ0v) is 16.2. The smallest absolute Gasteiger partial charge is 0.227 e. The van der Waals surface area contributed by atoms with Crippen LogP contribution in [0.1, 0.15) is 38.5 Å². The Kier molecular flexibility index (Phi) is 6.20. The summed E-state index contributed by atoms with van der Waals surface area (Å²) in [6.45, 7) is 2.63. The molecule has 1 aliphatic rings. The predicted octanol–water partition coefficient (Wildman–Crippen LogP) is 1.88. The van der Waals surface area contributed by atoms with Crippen LogP contribution in [0.25, 0.3) is 11.5 Å². The van der Waals surface area contributed by atoms with Crippen molar-refractivity contribution in [2.45, 2.75) is 45.1 Å². The molecule has 1 atom stereocenters. The standard InChI is InChI=1S/C18H24N4O4S/c1-2-3-11-22(14-9-12-27(24,25)13-14)17(23)8-7-16-20-18(21-26-16)15-6-4-5-10-19-15/h4-6,10,14H,2-3,7-9,11-13H2,1H3. The van der Waals surface area contributed by atoms with E-state index in [1.807, 2.05) is 13.0 Å². The van der Waals surface area contributed by atoms with E-state index in [-0.39, 0.29) is 29.9 Å². The molecule has 1 fully saturated rings. The second-order valence-corrected chi connectivity index (χ2v) is 8.95. The van der Waals surface area contributed by atoms with Crippen LogP contribution >= 0.6 is 0 Å². The van der Waals surface area contributed by atoms with Crippen molar-refractivity contribution in [1.82, 2.24) is 20.0 Å². The molecule has 146 valence electrons. The number of nitrogens with zero attached hydrogens (tertiary/aromatic N) is 4. The molecule has 0 aromatic carbocycles. The van der Waals surface area contributed by atoms with Crippen LogP contribution in [-0.4, -0.2) is 58.4 Å². The third-order valence-corrected chi connectivity index (χ3v) is 6.39. The van der Waals surface area contributed by atoms with Crippen LogP contribution < -0.4 is 0 Å². The molecule has 9 heteroatoms. The Balaban J connectivity index is 1.61. The van der Waals surface area contributed by atoms with Gasteiger partial charge in [0.05, 0.1) is 11.5 Å². The first-order valence-corrected chi connectivity index (χ1v) is 11.0. The second kappa shape index (κ2) is 8.60. The zero-order chi connectivity index (χ0) is 19.3. The van der Waals surface area contributed by atoms with Crippen LogP contribution in [0.5, 0.6) is 0 Å². The minimum Gasteiger partial charge on any atom is -0.339 e. The highest BCUT2D eigenvalue weighted by molar-refractivity contribution is 7.91. The van der Waals surface area contributed by atoms with E-state index in [9.17, 15) is 13.2 Å². The van der Waals surface area contributed by atoms with E-state index in [1.165, 1.54) is 0 Å². The molecule has 2 aromatic heterocycles. The molecule has 27 heavy (non-hydrogen) atoms. The van der Waals surface area contributed by atoms with Gasteiger partial charge in [0.1, 0.15) is 5.69 Å². The van der Waals surface area contributed by atoms with Crippen LogP contribution in [0.4, 0.5) is 0 Å². The largest absolute Gasteiger partial charge is 0.339 e. The lowest BCUT2D eigenvalue weighted by Gasteiger charge is -2.28. The Morgan fingerprint density at radius 2 is 2.22 bits per heavy atom. The summed E-state index contributed by atoms with van der Waals surface area (Å²) in [5.74, 6) is 0.918. The van der Waals surface area contributed by atoms with Gasteiger partial charge in [0.25, 0.3) is 0 Å². The van der Waals surface area contributed by atoms with E-state index < -0.39 is 9.84 Å². The first-order valence-electron chi connectivity index (χ1n) is 9.22. The van der Waals surface area contributed by atoms with Crippen molar-refractivity contribution in [1.29, 1.82) is 0 Å². The molecule has 3 rings (SSSR count). The first kappa shape index (κ1) is 19.5. The fourth-order valence-corrected chi connectivity index (χ4v) is 4.90. The van der Waals surface area contributed by atoms with Crippen molar-refractivity contribution in [2.24, 2.45) is 0 Å². The summed E-state index contributed by atoms with van der Waals surface area (Å²) in [7, 11) is -3.04. The highest BCUT2D eigenvalue weighted by Crippen LogP contribution is 2.20. The molecule has 1 saturated heterocycles. The van der Waals surface area contributed by atoms with Gasteiger partial charge in [-0.3, -0.25) is 9.78 Å². The number of carbonyl (C=O) groups is 1.